The van der Waals surface area contributed by atoms with E-state index in [-0.39, 0.29) is 6.10 Å². The third kappa shape index (κ3) is 3.47. The summed E-state index contributed by atoms with van der Waals surface area (Å²) in [6.45, 7) is 1.98. The Morgan fingerprint density at radius 3 is 2.90 bits per heavy atom. The molecule has 0 aromatic carbocycles. The van der Waals surface area contributed by atoms with E-state index in [0.29, 0.717) is 6.04 Å². The normalized spacial score (nSPS) is 30.3. The van der Waals surface area contributed by atoms with Crippen LogP contribution in [0.25, 0.3) is 0 Å². The molecular weight excluding hydrogens is 248 g/mol. The molecule has 1 aromatic rings. The van der Waals surface area contributed by atoms with E-state index in [9.17, 15) is 0 Å². The fraction of sp³-hybridized carbons (Fsp3) is 0.588. The summed E-state index contributed by atoms with van der Waals surface area (Å²) in [6, 6.07) is 4.60. The van der Waals surface area contributed by atoms with Crippen LogP contribution >= 0.6 is 0 Å². The first-order chi connectivity index (χ1) is 9.93. The van der Waals surface area contributed by atoms with Crippen molar-refractivity contribution in [1.82, 2.24) is 10.3 Å². The van der Waals surface area contributed by atoms with E-state index in [0.717, 1.165) is 25.5 Å². The summed E-state index contributed by atoms with van der Waals surface area (Å²) < 4.78 is 6.01. The van der Waals surface area contributed by atoms with Gasteiger partial charge in [0.1, 0.15) is 0 Å². The minimum absolute atomic E-state index is 0.186. The van der Waals surface area contributed by atoms with Gasteiger partial charge in [-0.3, -0.25) is 4.98 Å². The number of pyridine rings is 1. The first-order valence-electron chi connectivity index (χ1n) is 7.83. The highest BCUT2D eigenvalue weighted by Crippen LogP contribution is 2.28. The number of ether oxygens (including phenoxy) is 1. The highest BCUT2D eigenvalue weighted by atomic mass is 16.5. The Balaban J connectivity index is 1.59. The van der Waals surface area contributed by atoms with Crippen molar-refractivity contribution in [2.75, 3.05) is 13.2 Å². The van der Waals surface area contributed by atoms with Crippen LogP contribution in [0.15, 0.2) is 36.7 Å². The maximum Gasteiger partial charge on any atom is 0.0978 e. The second-order valence-electron chi connectivity index (χ2n) is 5.88. The van der Waals surface area contributed by atoms with Crippen LogP contribution in [-0.2, 0) is 4.74 Å². The second-order valence-corrected chi connectivity index (χ2v) is 5.88. The minimum Gasteiger partial charge on any atom is -0.372 e. The van der Waals surface area contributed by atoms with Gasteiger partial charge in [0.15, 0.2) is 0 Å². The molecule has 20 heavy (non-hydrogen) atoms. The quantitative estimate of drug-likeness (QED) is 0.854. The first-order valence-corrected chi connectivity index (χ1v) is 7.83. The fourth-order valence-electron chi connectivity index (χ4n) is 3.23. The van der Waals surface area contributed by atoms with E-state index in [1.54, 1.807) is 0 Å². The minimum atomic E-state index is 0.186. The molecule has 2 aliphatic rings. The smallest absolute Gasteiger partial charge is 0.0978 e. The molecule has 1 aliphatic heterocycles. The lowest BCUT2D eigenvalue weighted by Crippen LogP contribution is -2.41. The van der Waals surface area contributed by atoms with Crippen LogP contribution in [-0.4, -0.2) is 24.2 Å². The second kappa shape index (κ2) is 7.00. The Morgan fingerprint density at radius 1 is 1.20 bits per heavy atom. The lowest BCUT2D eigenvalue weighted by molar-refractivity contribution is -0.0117. The molecule has 108 valence electrons. The van der Waals surface area contributed by atoms with Crippen molar-refractivity contribution in [1.29, 1.82) is 0 Å². The number of allylic oxidation sites excluding steroid dienone is 2. The van der Waals surface area contributed by atoms with Crippen LogP contribution in [0, 0.1) is 5.92 Å². The van der Waals surface area contributed by atoms with Gasteiger partial charge in [-0.05, 0) is 62.3 Å². The summed E-state index contributed by atoms with van der Waals surface area (Å²) in [4.78, 5) is 4.10. The maximum atomic E-state index is 6.01. The standard InChI is InChI=1S/C17H24N2O/c1-2-5-14(6-3-1)13-19-16-7-4-12-20-17(16)15-8-10-18-11-9-15/h1-2,8-11,14,16-17,19H,3-7,12-13H2/t14-,16+,17-/m1/s1. The SMILES string of the molecule is C1=CC[C@@H](CN[C@H]2CCCO[C@@H]2c2ccncc2)CC1. The summed E-state index contributed by atoms with van der Waals surface area (Å²) in [7, 11) is 0. The highest BCUT2D eigenvalue weighted by Gasteiger charge is 2.27. The van der Waals surface area contributed by atoms with Crippen molar-refractivity contribution in [2.45, 2.75) is 44.2 Å². The summed E-state index contributed by atoms with van der Waals surface area (Å²) in [6.07, 6.45) is 14.7. The van der Waals surface area contributed by atoms with Crippen molar-refractivity contribution >= 4 is 0 Å². The van der Waals surface area contributed by atoms with Crippen molar-refractivity contribution in [3.8, 4) is 0 Å². The molecule has 1 fully saturated rings. The molecule has 3 heteroatoms. The molecule has 0 spiro atoms. The van der Waals surface area contributed by atoms with Crippen molar-refractivity contribution < 1.29 is 4.74 Å². The molecule has 1 aromatic heterocycles. The van der Waals surface area contributed by atoms with Crippen LogP contribution in [0.3, 0.4) is 0 Å². The Kier molecular flexibility index (Phi) is 4.82. The third-order valence-electron chi connectivity index (χ3n) is 4.40. The maximum absolute atomic E-state index is 6.01. The van der Waals surface area contributed by atoms with Crippen LogP contribution < -0.4 is 5.32 Å². The van der Waals surface area contributed by atoms with Crippen LogP contribution in [0.2, 0.25) is 0 Å². The van der Waals surface area contributed by atoms with E-state index < -0.39 is 0 Å². The van der Waals surface area contributed by atoms with Crippen LogP contribution in [0.4, 0.5) is 0 Å². The molecule has 1 aliphatic carbocycles. The summed E-state index contributed by atoms with van der Waals surface area (Å²) in [5.74, 6) is 0.792. The van der Waals surface area contributed by atoms with Gasteiger partial charge in [-0.2, -0.15) is 0 Å². The van der Waals surface area contributed by atoms with E-state index in [1.807, 2.05) is 12.4 Å². The Morgan fingerprint density at radius 2 is 2.10 bits per heavy atom. The number of hydrogen-bond acceptors (Lipinski definition) is 3. The van der Waals surface area contributed by atoms with Gasteiger partial charge in [0, 0.05) is 25.0 Å². The predicted molar refractivity (Wildman–Crippen MR) is 80.4 cm³/mol. The Bertz CT molecular complexity index is 432. The van der Waals surface area contributed by atoms with Gasteiger partial charge in [0.25, 0.3) is 0 Å². The molecular formula is C17H24N2O. The average molecular weight is 272 g/mol. The molecule has 0 radical (unpaired) electrons. The Hall–Kier alpha value is -1.19. The van der Waals surface area contributed by atoms with E-state index >= 15 is 0 Å². The van der Waals surface area contributed by atoms with Crippen molar-refractivity contribution in [3.63, 3.8) is 0 Å². The summed E-state index contributed by atoms with van der Waals surface area (Å²) in [5.41, 5.74) is 1.25. The molecule has 0 bridgehead atoms. The van der Waals surface area contributed by atoms with Gasteiger partial charge in [-0.25, -0.2) is 0 Å². The number of aromatic nitrogens is 1. The molecule has 0 amide bonds. The largest absolute Gasteiger partial charge is 0.372 e. The Labute approximate surface area is 121 Å². The molecule has 1 saturated heterocycles. The summed E-state index contributed by atoms with van der Waals surface area (Å²) in [5, 5.41) is 3.76. The molecule has 1 N–H and O–H groups in total. The van der Waals surface area contributed by atoms with E-state index in [2.05, 4.69) is 34.6 Å². The lowest BCUT2D eigenvalue weighted by Gasteiger charge is -2.34. The number of hydrogen-bond donors (Lipinski definition) is 1. The monoisotopic (exact) mass is 272 g/mol. The van der Waals surface area contributed by atoms with Crippen molar-refractivity contribution in [2.24, 2.45) is 5.92 Å². The van der Waals surface area contributed by atoms with E-state index in [1.165, 1.54) is 31.2 Å². The average Bonchev–Trinajstić information content (AvgIpc) is 2.55. The topological polar surface area (TPSA) is 34.1 Å². The fourth-order valence-corrected chi connectivity index (χ4v) is 3.23. The summed E-state index contributed by atoms with van der Waals surface area (Å²) >= 11 is 0. The lowest BCUT2D eigenvalue weighted by atomic mass is 9.92. The number of nitrogens with zero attached hydrogens (tertiary/aromatic N) is 1. The van der Waals surface area contributed by atoms with Crippen LogP contribution in [0.5, 0.6) is 0 Å². The predicted octanol–water partition coefficient (Wildman–Crippen LogP) is 3.25. The van der Waals surface area contributed by atoms with E-state index in [4.69, 9.17) is 4.74 Å². The van der Waals surface area contributed by atoms with Gasteiger partial charge in [0.2, 0.25) is 0 Å². The zero-order chi connectivity index (χ0) is 13.6. The van der Waals surface area contributed by atoms with Gasteiger partial charge < -0.3 is 10.1 Å². The molecule has 3 atom stereocenters. The molecule has 0 unspecified atom stereocenters. The highest BCUT2D eigenvalue weighted by molar-refractivity contribution is 5.16. The van der Waals surface area contributed by atoms with Crippen molar-refractivity contribution in [3.05, 3.63) is 42.2 Å². The molecule has 2 heterocycles. The zero-order valence-electron chi connectivity index (χ0n) is 12.0. The van der Waals surface area contributed by atoms with Gasteiger partial charge in [-0.1, -0.05) is 12.2 Å². The van der Waals surface area contributed by atoms with Crippen LogP contribution in [0.1, 0.15) is 43.8 Å². The van der Waals surface area contributed by atoms with Gasteiger partial charge in [0.05, 0.1) is 6.10 Å². The molecule has 0 saturated carbocycles. The molecule has 3 rings (SSSR count). The number of nitrogens with one attached hydrogen (secondary N) is 1. The first kappa shape index (κ1) is 13.8. The van der Waals surface area contributed by atoms with Gasteiger partial charge >= 0.3 is 0 Å². The van der Waals surface area contributed by atoms with Gasteiger partial charge in [-0.15, -0.1) is 0 Å². The third-order valence-corrected chi connectivity index (χ3v) is 4.40. The molecule has 3 nitrogen and oxygen atoms in total. The number of rotatable bonds is 4. The zero-order valence-corrected chi connectivity index (χ0v) is 12.0.